The molecular weight excluding hydrogens is 455 g/mol. The lowest BCUT2D eigenvalue weighted by Gasteiger charge is -2.22. The number of aryl methyl sites for hydroxylation is 2. The first-order valence-corrected chi connectivity index (χ1v) is 11.7. The number of benzene rings is 3. The fourth-order valence-electron chi connectivity index (χ4n) is 3.00. The summed E-state index contributed by atoms with van der Waals surface area (Å²) in [6.45, 7) is 3.34. The zero-order valence-electron chi connectivity index (χ0n) is 17.1. The first-order chi connectivity index (χ1) is 14.6. The van der Waals surface area contributed by atoms with Crippen LogP contribution in [-0.4, -0.2) is 25.2 Å². The van der Waals surface area contributed by atoms with Gasteiger partial charge in [-0.1, -0.05) is 59.1 Å². The number of anilines is 1. The van der Waals surface area contributed by atoms with Gasteiger partial charge in [0.15, 0.2) is 0 Å². The lowest BCUT2D eigenvalue weighted by atomic mass is 10.2. The van der Waals surface area contributed by atoms with Gasteiger partial charge >= 0.3 is 0 Å². The molecule has 3 aromatic rings. The van der Waals surface area contributed by atoms with E-state index >= 15 is 0 Å². The van der Waals surface area contributed by atoms with Gasteiger partial charge in [0, 0.05) is 22.3 Å². The third-order valence-corrected chi connectivity index (χ3v) is 6.98. The smallest absolute Gasteiger partial charge is 0.243 e. The molecule has 0 spiro atoms. The van der Waals surface area contributed by atoms with E-state index in [-0.39, 0.29) is 18.0 Å². The van der Waals surface area contributed by atoms with Crippen molar-refractivity contribution < 1.29 is 13.2 Å². The molecule has 1 amide bonds. The van der Waals surface area contributed by atoms with Crippen molar-refractivity contribution >= 4 is 44.8 Å². The molecule has 0 aromatic heterocycles. The van der Waals surface area contributed by atoms with Crippen LogP contribution in [0.3, 0.4) is 0 Å². The molecule has 0 atom stereocenters. The average Bonchev–Trinajstić information content (AvgIpc) is 2.70. The number of rotatable bonds is 7. The van der Waals surface area contributed by atoms with Gasteiger partial charge < -0.3 is 5.32 Å². The normalized spacial score (nSPS) is 11.5. The minimum atomic E-state index is -3.93. The maximum absolute atomic E-state index is 13.3. The molecule has 0 saturated heterocycles. The number of nitrogens with one attached hydrogen (secondary N) is 1. The Morgan fingerprint density at radius 1 is 0.935 bits per heavy atom. The van der Waals surface area contributed by atoms with Crippen LogP contribution in [0.25, 0.3) is 0 Å². The molecule has 0 aliphatic carbocycles. The van der Waals surface area contributed by atoms with Crippen molar-refractivity contribution in [1.29, 1.82) is 0 Å². The van der Waals surface area contributed by atoms with Crippen molar-refractivity contribution in [3.63, 3.8) is 0 Å². The Kier molecular flexibility index (Phi) is 7.38. The van der Waals surface area contributed by atoms with Crippen LogP contribution in [0, 0.1) is 13.8 Å². The van der Waals surface area contributed by atoms with Crippen LogP contribution in [0.4, 0.5) is 5.69 Å². The molecule has 0 radical (unpaired) electrons. The van der Waals surface area contributed by atoms with Gasteiger partial charge in [0.1, 0.15) is 0 Å². The molecule has 8 heteroatoms. The van der Waals surface area contributed by atoms with E-state index in [9.17, 15) is 13.2 Å². The minimum Gasteiger partial charge on any atom is -0.325 e. The summed E-state index contributed by atoms with van der Waals surface area (Å²) in [4.78, 5) is 12.9. The molecule has 0 fully saturated rings. The zero-order chi connectivity index (χ0) is 22.6. The van der Waals surface area contributed by atoms with E-state index in [0.717, 1.165) is 15.4 Å². The molecule has 0 saturated carbocycles. The van der Waals surface area contributed by atoms with E-state index in [2.05, 4.69) is 5.32 Å². The Morgan fingerprint density at radius 3 is 2.29 bits per heavy atom. The predicted octanol–water partition coefficient (Wildman–Crippen LogP) is 5.44. The summed E-state index contributed by atoms with van der Waals surface area (Å²) >= 11 is 12.1. The molecule has 0 bridgehead atoms. The second-order valence-corrected chi connectivity index (χ2v) is 10.0. The van der Waals surface area contributed by atoms with E-state index in [0.29, 0.717) is 21.3 Å². The number of carbonyl (C=O) groups excluding carboxylic acids is 1. The maximum Gasteiger partial charge on any atom is 0.243 e. The van der Waals surface area contributed by atoms with Gasteiger partial charge in [0.2, 0.25) is 15.9 Å². The van der Waals surface area contributed by atoms with Gasteiger partial charge in [0.05, 0.1) is 11.4 Å². The van der Waals surface area contributed by atoms with Crippen molar-refractivity contribution in [2.24, 2.45) is 0 Å². The molecule has 1 N–H and O–H groups in total. The van der Waals surface area contributed by atoms with E-state index in [1.54, 1.807) is 54.6 Å². The lowest BCUT2D eigenvalue weighted by molar-refractivity contribution is -0.116. The Morgan fingerprint density at radius 2 is 1.61 bits per heavy atom. The first-order valence-electron chi connectivity index (χ1n) is 9.52. The summed E-state index contributed by atoms with van der Waals surface area (Å²) < 4.78 is 27.8. The summed E-state index contributed by atoms with van der Waals surface area (Å²) in [7, 11) is -3.93. The predicted molar refractivity (Wildman–Crippen MR) is 125 cm³/mol. The van der Waals surface area contributed by atoms with Gasteiger partial charge in [-0.2, -0.15) is 4.31 Å². The van der Waals surface area contributed by atoms with E-state index in [1.165, 1.54) is 12.1 Å². The SMILES string of the molecule is Cc1ccc(S(=O)(=O)N(CC(=O)Nc2cc(Cl)ccc2C)Cc2cccc(Cl)c2)cc1. The molecule has 0 aliphatic rings. The zero-order valence-corrected chi connectivity index (χ0v) is 19.4. The number of halogens is 2. The molecule has 0 unspecified atom stereocenters. The number of hydrogen-bond donors (Lipinski definition) is 1. The highest BCUT2D eigenvalue weighted by Crippen LogP contribution is 2.23. The van der Waals surface area contributed by atoms with Crippen molar-refractivity contribution in [2.75, 3.05) is 11.9 Å². The van der Waals surface area contributed by atoms with Crippen LogP contribution < -0.4 is 5.32 Å². The van der Waals surface area contributed by atoms with Crippen LogP contribution in [-0.2, 0) is 21.4 Å². The second-order valence-electron chi connectivity index (χ2n) is 7.22. The van der Waals surface area contributed by atoms with Crippen molar-refractivity contribution in [1.82, 2.24) is 4.31 Å². The molecule has 0 heterocycles. The Labute approximate surface area is 192 Å². The number of carbonyl (C=O) groups is 1. The van der Waals surface area contributed by atoms with Crippen molar-refractivity contribution in [3.05, 3.63) is 93.5 Å². The topological polar surface area (TPSA) is 66.5 Å². The van der Waals surface area contributed by atoms with Crippen molar-refractivity contribution in [3.8, 4) is 0 Å². The highest BCUT2D eigenvalue weighted by atomic mass is 35.5. The third kappa shape index (κ3) is 6.08. The second kappa shape index (κ2) is 9.83. The highest BCUT2D eigenvalue weighted by molar-refractivity contribution is 7.89. The highest BCUT2D eigenvalue weighted by Gasteiger charge is 2.27. The van der Waals surface area contributed by atoms with Gasteiger partial charge in [-0.15, -0.1) is 0 Å². The Hall–Kier alpha value is -2.38. The van der Waals surface area contributed by atoms with E-state index < -0.39 is 15.9 Å². The first kappa shape index (κ1) is 23.3. The summed E-state index contributed by atoms with van der Waals surface area (Å²) in [5.74, 6) is -0.469. The largest absolute Gasteiger partial charge is 0.325 e. The number of hydrogen-bond acceptors (Lipinski definition) is 3. The van der Waals surface area contributed by atoms with E-state index in [1.807, 2.05) is 13.8 Å². The maximum atomic E-state index is 13.3. The minimum absolute atomic E-state index is 0.00127. The molecule has 5 nitrogen and oxygen atoms in total. The van der Waals surface area contributed by atoms with Gasteiger partial charge in [-0.3, -0.25) is 4.79 Å². The standard InChI is InChI=1S/C23H22Cl2N2O3S/c1-16-6-10-21(11-7-16)31(29,30)27(14-18-4-3-5-19(24)12-18)15-23(28)26-22-13-20(25)9-8-17(22)2/h3-13H,14-15H2,1-2H3,(H,26,28). The molecule has 31 heavy (non-hydrogen) atoms. The summed E-state index contributed by atoms with van der Waals surface area (Å²) in [6.07, 6.45) is 0. The van der Waals surface area contributed by atoms with Gasteiger partial charge in [-0.25, -0.2) is 8.42 Å². The number of amides is 1. The fraction of sp³-hybridized carbons (Fsp3) is 0.174. The van der Waals surface area contributed by atoms with E-state index in [4.69, 9.17) is 23.2 Å². The van der Waals surface area contributed by atoms with Crippen molar-refractivity contribution in [2.45, 2.75) is 25.3 Å². The Bertz CT molecular complexity index is 1200. The lowest BCUT2D eigenvalue weighted by Crippen LogP contribution is -2.37. The summed E-state index contributed by atoms with van der Waals surface area (Å²) in [5.41, 5.74) is 2.97. The number of sulfonamides is 1. The fourth-order valence-corrected chi connectivity index (χ4v) is 4.77. The van der Waals surface area contributed by atoms with Crippen LogP contribution in [0.15, 0.2) is 71.6 Å². The molecule has 0 aliphatic heterocycles. The molecule has 3 rings (SSSR count). The molecular formula is C23H22Cl2N2O3S. The van der Waals surface area contributed by atoms with Crippen LogP contribution in [0.2, 0.25) is 10.0 Å². The van der Waals surface area contributed by atoms with Gasteiger partial charge in [0.25, 0.3) is 0 Å². The third-order valence-electron chi connectivity index (χ3n) is 4.70. The van der Waals surface area contributed by atoms with Crippen LogP contribution in [0.5, 0.6) is 0 Å². The van der Waals surface area contributed by atoms with Crippen LogP contribution in [0.1, 0.15) is 16.7 Å². The van der Waals surface area contributed by atoms with Crippen LogP contribution >= 0.6 is 23.2 Å². The molecule has 162 valence electrons. The summed E-state index contributed by atoms with van der Waals surface area (Å²) in [6, 6.07) is 18.5. The average molecular weight is 477 g/mol. The summed E-state index contributed by atoms with van der Waals surface area (Å²) in [5, 5.41) is 3.72. The number of nitrogens with zero attached hydrogens (tertiary/aromatic N) is 1. The van der Waals surface area contributed by atoms with Gasteiger partial charge in [-0.05, 0) is 61.4 Å². The quantitative estimate of drug-likeness (QED) is 0.493. The molecule has 3 aromatic carbocycles. The Balaban J connectivity index is 1.90. The monoisotopic (exact) mass is 476 g/mol.